The van der Waals surface area contributed by atoms with E-state index in [-0.39, 0.29) is 0 Å². The Hall–Kier alpha value is -3.20. The second kappa shape index (κ2) is 9.48. The largest absolute Gasteiger partial charge is 0.382 e. The molecular formula is C24H25N3. The molecule has 0 radical (unpaired) electrons. The van der Waals surface area contributed by atoms with Gasteiger partial charge in [0.25, 0.3) is 0 Å². The average Bonchev–Trinajstić information content (AvgIpc) is 2.70. The minimum atomic E-state index is 0.551. The first-order chi connectivity index (χ1) is 13.2. The van der Waals surface area contributed by atoms with Gasteiger partial charge in [0.1, 0.15) is 0 Å². The zero-order valence-corrected chi connectivity index (χ0v) is 15.8. The second-order valence-corrected chi connectivity index (χ2v) is 6.68. The second-order valence-electron chi connectivity index (χ2n) is 6.68. The van der Waals surface area contributed by atoms with Gasteiger partial charge in [-0.2, -0.15) is 10.2 Å². The molecule has 0 aliphatic heterocycles. The first kappa shape index (κ1) is 18.6. The van der Waals surface area contributed by atoms with Crippen molar-refractivity contribution in [1.82, 2.24) is 0 Å². The fraction of sp³-hybridized carbons (Fsp3) is 0.167. The predicted molar refractivity (Wildman–Crippen MR) is 117 cm³/mol. The molecule has 1 aliphatic rings. The third-order valence-electron chi connectivity index (χ3n) is 4.31. The van der Waals surface area contributed by atoms with E-state index in [9.17, 15) is 0 Å². The summed E-state index contributed by atoms with van der Waals surface area (Å²) in [6.07, 6.45) is 11.9. The van der Waals surface area contributed by atoms with Gasteiger partial charge in [0, 0.05) is 12.2 Å². The topological polar surface area (TPSA) is 36.8 Å². The highest BCUT2D eigenvalue weighted by atomic mass is 15.2. The minimum Gasteiger partial charge on any atom is -0.382 e. The molecule has 1 aliphatic carbocycles. The summed E-state index contributed by atoms with van der Waals surface area (Å²) in [6, 6.07) is 18.6. The van der Waals surface area contributed by atoms with Gasteiger partial charge in [0.05, 0.1) is 11.9 Å². The number of benzene rings is 2. The average molecular weight is 355 g/mol. The summed E-state index contributed by atoms with van der Waals surface area (Å²) >= 11 is 0. The van der Waals surface area contributed by atoms with Gasteiger partial charge in [0.2, 0.25) is 0 Å². The minimum absolute atomic E-state index is 0.551. The molecule has 3 nitrogen and oxygen atoms in total. The van der Waals surface area contributed by atoms with Crippen LogP contribution in [0, 0.1) is 0 Å². The highest BCUT2D eigenvalue weighted by Crippen LogP contribution is 2.17. The molecule has 0 saturated heterocycles. The molecule has 27 heavy (non-hydrogen) atoms. The van der Waals surface area contributed by atoms with Gasteiger partial charge in [0.15, 0.2) is 0 Å². The summed E-state index contributed by atoms with van der Waals surface area (Å²) in [4.78, 5) is 0. The third-order valence-corrected chi connectivity index (χ3v) is 4.31. The van der Waals surface area contributed by atoms with Crippen molar-refractivity contribution in [2.75, 3.05) is 11.9 Å². The molecule has 0 spiro atoms. The number of allylic oxidation sites excluding steroid dienone is 5. The Kier molecular flexibility index (Phi) is 6.53. The summed E-state index contributed by atoms with van der Waals surface area (Å²) in [5.74, 6) is 0.551. The first-order valence-corrected chi connectivity index (χ1v) is 9.27. The van der Waals surface area contributed by atoms with Crippen molar-refractivity contribution in [2.45, 2.75) is 19.8 Å². The van der Waals surface area contributed by atoms with Gasteiger partial charge in [-0.05, 0) is 40.8 Å². The number of anilines is 1. The maximum Gasteiger partial charge on any atom is 0.0926 e. The molecule has 1 N–H and O–H groups in total. The first-order valence-electron chi connectivity index (χ1n) is 9.27. The number of nitrogens with one attached hydrogen (secondary N) is 1. The standard InChI is InChI=1S/C24H25N3/c1-19(2)21-12-14-23(15-13-21)25-17-16-22-10-6-7-11-24(22)27-26-18-20-8-4-3-5-9-20/h3-16,18-19,25H,17H2,1-2H3. The molecule has 0 unspecified atom stereocenters. The SMILES string of the molecule is CC(C)c1ccc(NCC=C2C=CC=CC2=NN=Cc2ccccc2)cc1. The molecular weight excluding hydrogens is 330 g/mol. The molecule has 3 heteroatoms. The van der Waals surface area contributed by atoms with Crippen LogP contribution in [0.4, 0.5) is 5.69 Å². The van der Waals surface area contributed by atoms with Crippen LogP contribution in [0.2, 0.25) is 0 Å². The van der Waals surface area contributed by atoms with Crippen LogP contribution in [0.1, 0.15) is 30.9 Å². The van der Waals surface area contributed by atoms with E-state index in [1.165, 1.54) is 5.56 Å². The van der Waals surface area contributed by atoms with E-state index in [0.29, 0.717) is 5.92 Å². The van der Waals surface area contributed by atoms with Crippen molar-refractivity contribution in [3.8, 4) is 0 Å². The van der Waals surface area contributed by atoms with Crippen LogP contribution in [-0.4, -0.2) is 18.5 Å². The Balaban J connectivity index is 1.63. The Morgan fingerprint density at radius 2 is 1.67 bits per heavy atom. The van der Waals surface area contributed by atoms with Crippen LogP contribution in [0.3, 0.4) is 0 Å². The summed E-state index contributed by atoms with van der Waals surface area (Å²) in [7, 11) is 0. The smallest absolute Gasteiger partial charge is 0.0926 e. The maximum absolute atomic E-state index is 4.37. The number of nitrogens with zero attached hydrogens (tertiary/aromatic N) is 2. The maximum atomic E-state index is 4.37. The van der Waals surface area contributed by atoms with Crippen molar-refractivity contribution < 1.29 is 0 Å². The molecule has 136 valence electrons. The summed E-state index contributed by atoms with van der Waals surface area (Å²) in [5, 5.41) is 12.0. The Bertz CT molecular complexity index is 883. The third kappa shape index (κ3) is 5.65. The van der Waals surface area contributed by atoms with E-state index in [1.54, 1.807) is 6.21 Å². The van der Waals surface area contributed by atoms with E-state index in [1.807, 2.05) is 48.6 Å². The van der Waals surface area contributed by atoms with Crippen LogP contribution >= 0.6 is 0 Å². The molecule has 0 atom stereocenters. The van der Waals surface area contributed by atoms with Gasteiger partial charge in [-0.25, -0.2) is 0 Å². The summed E-state index contributed by atoms with van der Waals surface area (Å²) < 4.78 is 0. The zero-order chi connectivity index (χ0) is 18.9. The lowest BCUT2D eigenvalue weighted by Gasteiger charge is -2.09. The zero-order valence-electron chi connectivity index (χ0n) is 15.8. The molecule has 0 aromatic heterocycles. The normalized spacial score (nSPS) is 16.7. The van der Waals surface area contributed by atoms with Gasteiger partial charge in [-0.3, -0.25) is 0 Å². The van der Waals surface area contributed by atoms with Crippen molar-refractivity contribution in [2.24, 2.45) is 10.2 Å². The molecule has 0 bridgehead atoms. The summed E-state index contributed by atoms with van der Waals surface area (Å²) in [5.41, 5.74) is 5.43. The molecule has 2 aromatic carbocycles. The van der Waals surface area contributed by atoms with Crippen LogP contribution in [0.5, 0.6) is 0 Å². The van der Waals surface area contributed by atoms with E-state index >= 15 is 0 Å². The molecule has 3 rings (SSSR count). The van der Waals surface area contributed by atoms with E-state index in [0.717, 1.165) is 29.1 Å². The Morgan fingerprint density at radius 3 is 2.41 bits per heavy atom. The van der Waals surface area contributed by atoms with Gasteiger partial charge in [-0.15, -0.1) is 0 Å². The van der Waals surface area contributed by atoms with Crippen molar-refractivity contribution in [3.63, 3.8) is 0 Å². The molecule has 0 saturated carbocycles. The van der Waals surface area contributed by atoms with E-state index in [4.69, 9.17) is 0 Å². The monoisotopic (exact) mass is 355 g/mol. The van der Waals surface area contributed by atoms with Crippen LogP contribution in [0.25, 0.3) is 0 Å². The van der Waals surface area contributed by atoms with E-state index in [2.05, 4.69) is 65.8 Å². The lowest BCUT2D eigenvalue weighted by molar-refractivity contribution is 0.867. The Morgan fingerprint density at radius 1 is 0.926 bits per heavy atom. The quantitative estimate of drug-likeness (QED) is 0.520. The van der Waals surface area contributed by atoms with E-state index < -0.39 is 0 Å². The number of hydrogen-bond donors (Lipinski definition) is 1. The highest BCUT2D eigenvalue weighted by Gasteiger charge is 2.03. The Labute approximate surface area is 161 Å². The molecule has 0 amide bonds. The molecule has 0 heterocycles. The summed E-state index contributed by atoms with van der Waals surface area (Å²) in [6.45, 7) is 5.14. The van der Waals surface area contributed by atoms with Crippen molar-refractivity contribution in [3.05, 3.63) is 102 Å². The van der Waals surface area contributed by atoms with Gasteiger partial charge < -0.3 is 5.32 Å². The van der Waals surface area contributed by atoms with Crippen molar-refractivity contribution >= 4 is 17.6 Å². The number of hydrogen-bond acceptors (Lipinski definition) is 3. The fourth-order valence-electron chi connectivity index (χ4n) is 2.71. The lowest BCUT2D eigenvalue weighted by atomic mass is 10.0. The highest BCUT2D eigenvalue weighted by molar-refractivity contribution is 6.11. The fourth-order valence-corrected chi connectivity index (χ4v) is 2.71. The number of rotatable bonds is 6. The van der Waals surface area contributed by atoms with Crippen LogP contribution in [0.15, 0.2) is 101 Å². The van der Waals surface area contributed by atoms with Gasteiger partial charge in [-0.1, -0.05) is 80.6 Å². The molecule has 0 fully saturated rings. The molecule has 2 aromatic rings. The van der Waals surface area contributed by atoms with Crippen LogP contribution < -0.4 is 5.32 Å². The van der Waals surface area contributed by atoms with Crippen molar-refractivity contribution in [1.29, 1.82) is 0 Å². The van der Waals surface area contributed by atoms with Gasteiger partial charge >= 0.3 is 0 Å². The lowest BCUT2D eigenvalue weighted by Crippen LogP contribution is -2.05. The van der Waals surface area contributed by atoms with Crippen LogP contribution in [-0.2, 0) is 0 Å². The predicted octanol–water partition coefficient (Wildman–Crippen LogP) is 5.75.